The molecule has 6 heteroatoms. The van der Waals surface area contributed by atoms with Gasteiger partial charge in [0.05, 0.1) is 16.2 Å². The highest BCUT2D eigenvalue weighted by Gasteiger charge is 2.28. The summed E-state index contributed by atoms with van der Waals surface area (Å²) in [6.45, 7) is 4.82. The molecule has 0 atom stereocenters. The molecule has 18 heavy (non-hydrogen) atoms. The molecule has 2 N–H and O–H groups in total. The zero-order chi connectivity index (χ0) is 14.0. The largest absolute Gasteiger partial charge is 0.490 e. The number of ether oxygens (including phenoxy) is 1. The van der Waals surface area contributed by atoms with Crippen LogP contribution in [0.15, 0.2) is 18.2 Å². The third-order valence-electron chi connectivity index (χ3n) is 2.52. The van der Waals surface area contributed by atoms with Gasteiger partial charge in [0, 0.05) is 6.07 Å². The molecule has 0 unspecified atom stereocenters. The van der Waals surface area contributed by atoms with Crippen LogP contribution in [0.1, 0.15) is 20.8 Å². The van der Waals surface area contributed by atoms with Crippen molar-refractivity contribution in [3.63, 3.8) is 0 Å². The minimum absolute atomic E-state index is 0.0484. The lowest BCUT2D eigenvalue weighted by atomic mass is 10.3. The van der Waals surface area contributed by atoms with Crippen molar-refractivity contribution in [1.29, 1.82) is 0 Å². The van der Waals surface area contributed by atoms with E-state index < -0.39 is 20.4 Å². The fourth-order valence-electron chi connectivity index (χ4n) is 1.20. The highest BCUT2D eigenvalue weighted by atomic mass is 32.2. The first-order chi connectivity index (χ1) is 8.13. The number of nitrogen functional groups attached to an aromatic ring is 1. The smallest absolute Gasteiger partial charge is 0.158 e. The van der Waals surface area contributed by atoms with Crippen LogP contribution in [0.4, 0.5) is 10.1 Å². The monoisotopic (exact) mass is 275 g/mol. The maximum atomic E-state index is 12.9. The van der Waals surface area contributed by atoms with Crippen molar-refractivity contribution in [3.8, 4) is 5.75 Å². The molecule has 0 aliphatic heterocycles. The molecule has 102 valence electrons. The number of anilines is 1. The Labute approximate surface area is 107 Å². The van der Waals surface area contributed by atoms with E-state index in [0.717, 1.165) is 6.07 Å². The molecule has 1 aromatic carbocycles. The van der Waals surface area contributed by atoms with Gasteiger partial charge in [0.15, 0.2) is 9.84 Å². The van der Waals surface area contributed by atoms with Crippen molar-refractivity contribution >= 4 is 15.5 Å². The van der Waals surface area contributed by atoms with E-state index in [1.807, 2.05) is 0 Å². The van der Waals surface area contributed by atoms with Crippen molar-refractivity contribution < 1.29 is 17.5 Å². The standard InChI is InChI=1S/C12H18FNO3S/c1-12(2,3)18(15,16)7-6-17-11-8-9(13)4-5-10(11)14/h4-5,8H,6-7,14H2,1-3H3. The molecular formula is C12H18FNO3S. The molecule has 0 saturated heterocycles. The minimum atomic E-state index is -3.25. The summed E-state index contributed by atoms with van der Waals surface area (Å²) in [6, 6.07) is 3.73. The molecule has 0 aliphatic rings. The number of hydrogen-bond donors (Lipinski definition) is 1. The Balaban J connectivity index is 2.65. The number of sulfone groups is 1. The van der Waals surface area contributed by atoms with Crippen molar-refractivity contribution in [2.75, 3.05) is 18.1 Å². The van der Waals surface area contributed by atoms with Gasteiger partial charge in [-0.2, -0.15) is 0 Å². The molecule has 0 spiro atoms. The first-order valence-electron chi connectivity index (χ1n) is 5.53. The van der Waals surface area contributed by atoms with Crippen molar-refractivity contribution in [1.82, 2.24) is 0 Å². The van der Waals surface area contributed by atoms with E-state index in [0.29, 0.717) is 0 Å². The number of nitrogens with two attached hydrogens (primary N) is 1. The quantitative estimate of drug-likeness (QED) is 0.853. The van der Waals surface area contributed by atoms with Gasteiger partial charge in [-0.25, -0.2) is 12.8 Å². The van der Waals surface area contributed by atoms with Gasteiger partial charge in [-0.3, -0.25) is 0 Å². The summed E-state index contributed by atoms with van der Waals surface area (Å²) in [5.74, 6) is -0.441. The molecule has 1 aromatic rings. The van der Waals surface area contributed by atoms with Crippen LogP contribution >= 0.6 is 0 Å². The predicted octanol–water partition coefficient (Wildman–Crippen LogP) is 2.00. The van der Waals surface area contributed by atoms with Crippen LogP contribution in [-0.2, 0) is 9.84 Å². The highest BCUT2D eigenvalue weighted by molar-refractivity contribution is 7.92. The molecule has 0 saturated carbocycles. The van der Waals surface area contributed by atoms with Gasteiger partial charge in [0.2, 0.25) is 0 Å². The van der Waals surface area contributed by atoms with Gasteiger partial charge in [-0.1, -0.05) is 0 Å². The molecule has 0 amide bonds. The van der Waals surface area contributed by atoms with Crippen LogP contribution < -0.4 is 10.5 Å². The average Bonchev–Trinajstić information content (AvgIpc) is 2.21. The second-order valence-electron chi connectivity index (χ2n) is 4.96. The zero-order valence-corrected chi connectivity index (χ0v) is 11.6. The Bertz CT molecular complexity index is 521. The Kier molecular flexibility index (Phi) is 4.21. The molecule has 0 aliphatic carbocycles. The summed E-state index contributed by atoms with van der Waals surface area (Å²) in [5, 5.41) is 0. The predicted molar refractivity (Wildman–Crippen MR) is 69.8 cm³/mol. The first kappa shape index (κ1) is 14.8. The summed E-state index contributed by atoms with van der Waals surface area (Å²) in [5.41, 5.74) is 5.87. The molecule has 0 fully saturated rings. The van der Waals surface area contributed by atoms with Gasteiger partial charge in [0.1, 0.15) is 18.2 Å². The summed E-state index contributed by atoms with van der Waals surface area (Å²) in [6.07, 6.45) is 0. The molecule has 4 nitrogen and oxygen atoms in total. The SMILES string of the molecule is CC(C)(C)S(=O)(=O)CCOc1cc(F)ccc1N. The van der Waals surface area contributed by atoms with Crippen LogP contribution in [0.2, 0.25) is 0 Å². The van der Waals surface area contributed by atoms with Crippen LogP contribution in [0.3, 0.4) is 0 Å². The number of halogens is 1. The lowest BCUT2D eigenvalue weighted by Crippen LogP contribution is -2.32. The van der Waals surface area contributed by atoms with E-state index in [2.05, 4.69) is 0 Å². The van der Waals surface area contributed by atoms with Gasteiger partial charge in [-0.15, -0.1) is 0 Å². The fraction of sp³-hybridized carbons (Fsp3) is 0.500. The van der Waals surface area contributed by atoms with Crippen LogP contribution in [0.5, 0.6) is 5.75 Å². The summed E-state index contributed by atoms with van der Waals surface area (Å²) in [7, 11) is -3.25. The summed E-state index contributed by atoms with van der Waals surface area (Å²) < 4.78 is 40.9. The maximum Gasteiger partial charge on any atom is 0.158 e. The zero-order valence-electron chi connectivity index (χ0n) is 10.7. The second-order valence-corrected chi connectivity index (χ2v) is 7.82. The normalized spacial score (nSPS) is 12.4. The topological polar surface area (TPSA) is 69.4 Å². The van der Waals surface area contributed by atoms with E-state index >= 15 is 0 Å². The lowest BCUT2D eigenvalue weighted by Gasteiger charge is -2.19. The van der Waals surface area contributed by atoms with Crippen molar-refractivity contribution in [3.05, 3.63) is 24.0 Å². The van der Waals surface area contributed by atoms with E-state index in [9.17, 15) is 12.8 Å². The summed E-state index contributed by atoms with van der Waals surface area (Å²) >= 11 is 0. The van der Waals surface area contributed by atoms with Crippen LogP contribution in [0.25, 0.3) is 0 Å². The second kappa shape index (κ2) is 5.14. The van der Waals surface area contributed by atoms with Crippen LogP contribution in [0, 0.1) is 5.82 Å². The van der Waals surface area contributed by atoms with E-state index in [4.69, 9.17) is 10.5 Å². The molecular weight excluding hydrogens is 257 g/mol. The lowest BCUT2D eigenvalue weighted by molar-refractivity contribution is 0.339. The Morgan fingerprint density at radius 3 is 2.50 bits per heavy atom. The number of hydrogen-bond acceptors (Lipinski definition) is 4. The van der Waals surface area contributed by atoms with E-state index in [1.165, 1.54) is 12.1 Å². The first-order valence-corrected chi connectivity index (χ1v) is 7.19. The molecule has 0 aromatic heterocycles. The minimum Gasteiger partial charge on any atom is -0.490 e. The van der Waals surface area contributed by atoms with Crippen LogP contribution in [-0.4, -0.2) is 25.5 Å². The van der Waals surface area contributed by atoms with E-state index in [-0.39, 0.29) is 23.8 Å². The highest BCUT2D eigenvalue weighted by Crippen LogP contribution is 2.22. The fourth-order valence-corrected chi connectivity index (χ4v) is 2.12. The van der Waals surface area contributed by atoms with Gasteiger partial charge in [-0.05, 0) is 32.9 Å². The Hall–Kier alpha value is -1.30. The summed E-state index contributed by atoms with van der Waals surface area (Å²) in [4.78, 5) is 0. The Morgan fingerprint density at radius 2 is 1.94 bits per heavy atom. The van der Waals surface area contributed by atoms with E-state index in [1.54, 1.807) is 20.8 Å². The van der Waals surface area contributed by atoms with Crippen molar-refractivity contribution in [2.45, 2.75) is 25.5 Å². The maximum absolute atomic E-state index is 12.9. The van der Waals surface area contributed by atoms with Gasteiger partial charge >= 0.3 is 0 Å². The number of benzene rings is 1. The van der Waals surface area contributed by atoms with Gasteiger partial charge in [0.25, 0.3) is 0 Å². The molecule has 0 heterocycles. The Morgan fingerprint density at radius 1 is 1.33 bits per heavy atom. The average molecular weight is 275 g/mol. The van der Waals surface area contributed by atoms with Gasteiger partial charge < -0.3 is 10.5 Å². The molecule has 1 rings (SSSR count). The molecule has 0 bridgehead atoms. The third kappa shape index (κ3) is 3.60. The van der Waals surface area contributed by atoms with Crippen molar-refractivity contribution in [2.24, 2.45) is 0 Å². The third-order valence-corrected chi connectivity index (χ3v) is 5.09. The number of rotatable bonds is 4. The molecule has 0 radical (unpaired) electrons.